The Morgan fingerprint density at radius 2 is 2.15 bits per heavy atom. The Balaban J connectivity index is 2.32. The molecule has 110 valence electrons. The maximum Gasteiger partial charge on any atom is 0.389 e. The summed E-state index contributed by atoms with van der Waals surface area (Å²) in [5.74, 6) is 0.537. The Kier molecular flexibility index (Phi) is 4.59. The maximum atomic E-state index is 12.2. The molecule has 0 fully saturated rings. The van der Waals surface area contributed by atoms with Crippen LogP contribution in [-0.2, 0) is 6.54 Å². The third-order valence-electron chi connectivity index (χ3n) is 2.78. The van der Waals surface area contributed by atoms with Gasteiger partial charge in [0, 0.05) is 23.6 Å². The molecule has 0 aliphatic rings. The number of aryl methyl sites for hydroxylation is 1. The van der Waals surface area contributed by atoms with E-state index in [4.69, 9.17) is 11.6 Å². The Labute approximate surface area is 127 Å². The summed E-state index contributed by atoms with van der Waals surface area (Å²) in [5.41, 5.74) is 1.17. The molecule has 0 aliphatic carbocycles. The van der Waals surface area contributed by atoms with Crippen molar-refractivity contribution in [2.24, 2.45) is 0 Å². The van der Waals surface area contributed by atoms with E-state index in [9.17, 15) is 13.2 Å². The summed E-state index contributed by atoms with van der Waals surface area (Å²) < 4.78 is 39.1. The lowest BCUT2D eigenvalue weighted by Crippen LogP contribution is -2.11. The van der Waals surface area contributed by atoms with Crippen molar-refractivity contribution in [3.8, 4) is 0 Å². The van der Waals surface area contributed by atoms with Crippen LogP contribution in [0.1, 0.15) is 31.0 Å². The van der Waals surface area contributed by atoms with Crippen molar-refractivity contribution < 1.29 is 13.2 Å². The van der Waals surface area contributed by atoms with Gasteiger partial charge in [0.2, 0.25) is 0 Å². The molecule has 1 unspecified atom stereocenters. The summed E-state index contributed by atoms with van der Waals surface area (Å²) in [4.78, 5) is 8.56. The second-order valence-corrected chi connectivity index (χ2v) is 6.02. The third-order valence-corrected chi connectivity index (χ3v) is 3.41. The third kappa shape index (κ3) is 3.63. The highest BCUT2D eigenvalue weighted by Crippen LogP contribution is 2.27. The second-order valence-electron chi connectivity index (χ2n) is 4.45. The van der Waals surface area contributed by atoms with Crippen molar-refractivity contribution in [1.29, 1.82) is 0 Å². The first kappa shape index (κ1) is 15.6. The number of hydrogen-bond acceptors (Lipinski definition) is 2. The van der Waals surface area contributed by atoms with Crippen LogP contribution in [0, 0.1) is 0 Å². The van der Waals surface area contributed by atoms with Crippen LogP contribution in [0.2, 0.25) is 0 Å². The number of alkyl halides is 4. The number of aromatic nitrogens is 3. The van der Waals surface area contributed by atoms with Gasteiger partial charge in [0.15, 0.2) is 5.65 Å². The summed E-state index contributed by atoms with van der Waals surface area (Å²) >= 11 is 9.33. The lowest BCUT2D eigenvalue weighted by atomic mass is 10.3. The van der Waals surface area contributed by atoms with Crippen molar-refractivity contribution in [1.82, 2.24) is 14.5 Å². The molecule has 0 radical (unpaired) electrons. The van der Waals surface area contributed by atoms with Gasteiger partial charge in [-0.1, -0.05) is 0 Å². The minimum atomic E-state index is -4.15. The first-order valence-corrected chi connectivity index (χ1v) is 7.23. The van der Waals surface area contributed by atoms with Gasteiger partial charge in [-0.3, -0.25) is 0 Å². The SMILES string of the molecule is CC(Cl)c1nc2cc(Br)cnc2n1CCCC(F)(F)F. The monoisotopic (exact) mass is 369 g/mol. The first-order valence-electron chi connectivity index (χ1n) is 6.00. The second kappa shape index (κ2) is 5.89. The molecule has 0 aliphatic heterocycles. The van der Waals surface area contributed by atoms with E-state index in [0.29, 0.717) is 17.0 Å². The van der Waals surface area contributed by atoms with Crippen LogP contribution < -0.4 is 0 Å². The van der Waals surface area contributed by atoms with Gasteiger partial charge in [0.25, 0.3) is 0 Å². The van der Waals surface area contributed by atoms with Gasteiger partial charge >= 0.3 is 6.18 Å². The van der Waals surface area contributed by atoms with Gasteiger partial charge < -0.3 is 4.57 Å². The molecule has 0 N–H and O–H groups in total. The van der Waals surface area contributed by atoms with E-state index in [1.165, 1.54) is 0 Å². The van der Waals surface area contributed by atoms with Crippen molar-refractivity contribution in [3.05, 3.63) is 22.6 Å². The Morgan fingerprint density at radius 3 is 2.75 bits per heavy atom. The van der Waals surface area contributed by atoms with E-state index in [-0.39, 0.29) is 13.0 Å². The Bertz CT molecular complexity index is 610. The van der Waals surface area contributed by atoms with Gasteiger partial charge in [0.1, 0.15) is 11.3 Å². The summed E-state index contributed by atoms with van der Waals surface area (Å²) in [5, 5.41) is -0.395. The average molecular weight is 371 g/mol. The summed E-state index contributed by atoms with van der Waals surface area (Å²) in [6.07, 6.45) is -3.42. The quantitative estimate of drug-likeness (QED) is 0.721. The Morgan fingerprint density at radius 1 is 1.45 bits per heavy atom. The van der Waals surface area contributed by atoms with Crippen LogP contribution in [0.15, 0.2) is 16.7 Å². The van der Waals surface area contributed by atoms with Crippen LogP contribution in [0.3, 0.4) is 0 Å². The molecule has 1 atom stereocenters. The van der Waals surface area contributed by atoms with E-state index < -0.39 is 18.0 Å². The fraction of sp³-hybridized carbons (Fsp3) is 0.500. The van der Waals surface area contributed by atoms with Crippen molar-refractivity contribution >= 4 is 38.7 Å². The smallest absolute Gasteiger partial charge is 0.311 e. The predicted molar refractivity (Wildman–Crippen MR) is 74.8 cm³/mol. The molecule has 3 nitrogen and oxygen atoms in total. The van der Waals surface area contributed by atoms with E-state index in [1.54, 1.807) is 23.8 Å². The highest BCUT2D eigenvalue weighted by Gasteiger charge is 2.26. The van der Waals surface area contributed by atoms with Crippen LogP contribution >= 0.6 is 27.5 Å². The van der Waals surface area contributed by atoms with Gasteiger partial charge in [-0.05, 0) is 35.3 Å². The molecule has 0 bridgehead atoms. The van der Waals surface area contributed by atoms with E-state index in [0.717, 1.165) is 4.47 Å². The highest BCUT2D eigenvalue weighted by molar-refractivity contribution is 9.10. The number of nitrogens with zero attached hydrogens (tertiary/aromatic N) is 3. The van der Waals surface area contributed by atoms with Crippen LogP contribution in [0.4, 0.5) is 13.2 Å². The molecule has 2 heterocycles. The largest absolute Gasteiger partial charge is 0.389 e. The van der Waals surface area contributed by atoms with E-state index in [2.05, 4.69) is 25.9 Å². The van der Waals surface area contributed by atoms with Crippen LogP contribution in [-0.4, -0.2) is 20.7 Å². The molecule has 0 saturated heterocycles. The molecule has 0 aromatic carbocycles. The molecule has 0 saturated carbocycles. The summed E-state index contributed by atoms with van der Waals surface area (Å²) in [6.45, 7) is 1.93. The molecule has 2 aromatic heterocycles. The Hall–Kier alpha value is -0.820. The minimum Gasteiger partial charge on any atom is -0.311 e. The highest BCUT2D eigenvalue weighted by atomic mass is 79.9. The number of hydrogen-bond donors (Lipinski definition) is 0. The molecule has 0 spiro atoms. The normalized spacial score (nSPS) is 13.9. The predicted octanol–water partition coefficient (Wildman–Crippen LogP) is 4.84. The van der Waals surface area contributed by atoms with Gasteiger partial charge in [-0.25, -0.2) is 9.97 Å². The average Bonchev–Trinajstić information content (AvgIpc) is 2.66. The minimum absolute atomic E-state index is 0.0245. The van der Waals surface area contributed by atoms with E-state index >= 15 is 0 Å². The molecule has 8 heteroatoms. The lowest BCUT2D eigenvalue weighted by Gasteiger charge is -2.11. The number of halogens is 5. The number of pyridine rings is 1. The zero-order valence-electron chi connectivity index (χ0n) is 10.6. The molecule has 2 aromatic rings. The van der Waals surface area contributed by atoms with Gasteiger partial charge in [-0.2, -0.15) is 13.2 Å². The lowest BCUT2D eigenvalue weighted by molar-refractivity contribution is -0.135. The van der Waals surface area contributed by atoms with E-state index in [1.807, 2.05) is 0 Å². The number of rotatable bonds is 4. The number of fused-ring (bicyclic) bond motifs is 1. The number of imidazole rings is 1. The van der Waals surface area contributed by atoms with Gasteiger partial charge in [0.05, 0.1) is 5.38 Å². The summed E-state index contributed by atoms with van der Waals surface area (Å²) in [7, 11) is 0. The molecule has 0 amide bonds. The molecule has 20 heavy (non-hydrogen) atoms. The zero-order valence-corrected chi connectivity index (χ0v) is 12.9. The molecular formula is C12H12BrClF3N3. The maximum absolute atomic E-state index is 12.2. The van der Waals surface area contributed by atoms with Crippen LogP contribution in [0.25, 0.3) is 11.2 Å². The summed E-state index contributed by atoms with van der Waals surface area (Å²) in [6, 6.07) is 1.77. The topological polar surface area (TPSA) is 30.7 Å². The first-order chi connectivity index (χ1) is 9.28. The zero-order chi connectivity index (χ0) is 14.9. The van der Waals surface area contributed by atoms with Crippen molar-refractivity contribution in [3.63, 3.8) is 0 Å². The fourth-order valence-electron chi connectivity index (χ4n) is 1.97. The molecular weight excluding hydrogens is 359 g/mol. The van der Waals surface area contributed by atoms with Gasteiger partial charge in [-0.15, -0.1) is 11.6 Å². The fourth-order valence-corrected chi connectivity index (χ4v) is 2.45. The molecule has 2 rings (SSSR count). The standard InChI is InChI=1S/C12H12BrClF3N3/c1-7(14)10-19-9-5-8(13)6-18-11(9)20(10)4-2-3-12(15,16)17/h5-7H,2-4H2,1H3. The van der Waals surface area contributed by atoms with Crippen LogP contribution in [0.5, 0.6) is 0 Å². The van der Waals surface area contributed by atoms with Crippen molar-refractivity contribution in [2.45, 2.75) is 37.9 Å². The van der Waals surface area contributed by atoms with Crippen molar-refractivity contribution in [2.75, 3.05) is 0 Å².